The van der Waals surface area contributed by atoms with Crippen LogP contribution in [0.4, 0.5) is 5.82 Å². The summed E-state index contributed by atoms with van der Waals surface area (Å²) in [6.07, 6.45) is 0.281. The molecule has 0 aliphatic carbocycles. The summed E-state index contributed by atoms with van der Waals surface area (Å²) in [5, 5.41) is 42.7. The summed E-state index contributed by atoms with van der Waals surface area (Å²) in [6, 6.07) is 8.32. The van der Waals surface area contributed by atoms with Crippen LogP contribution in [-0.2, 0) is 4.74 Å². The van der Waals surface area contributed by atoms with Crippen LogP contribution in [0.3, 0.4) is 0 Å². The molecule has 5 N–H and O–H groups in total. The number of aliphatic hydroxyl groups excluding tert-OH is 4. The van der Waals surface area contributed by atoms with E-state index in [0.717, 1.165) is 0 Å². The normalized spacial score (nSPS) is 23.9. The zero-order valence-electron chi connectivity index (χ0n) is 15.5. The molecule has 0 bridgehead atoms. The minimum absolute atomic E-state index is 0.276. The van der Waals surface area contributed by atoms with Gasteiger partial charge < -0.3 is 30.5 Å². The van der Waals surface area contributed by atoms with Crippen LogP contribution in [-0.4, -0.2) is 71.4 Å². The fourth-order valence-electron chi connectivity index (χ4n) is 3.50. The summed E-state index contributed by atoms with van der Waals surface area (Å²) in [7, 11) is 0. The van der Waals surface area contributed by atoms with E-state index in [1.54, 1.807) is 16.7 Å². The van der Waals surface area contributed by atoms with Gasteiger partial charge in [-0.2, -0.15) is 0 Å². The highest BCUT2D eigenvalue weighted by Gasteiger charge is 2.35. The number of anilines is 1. The second kappa shape index (κ2) is 8.39. The first-order chi connectivity index (χ1) is 14.1. The number of benzene rings is 1. The number of imidazole rings is 1. The van der Waals surface area contributed by atoms with Crippen LogP contribution >= 0.6 is 0 Å². The summed E-state index contributed by atoms with van der Waals surface area (Å²) in [5.41, 5.74) is 1.58. The Kier molecular flexibility index (Phi) is 5.69. The van der Waals surface area contributed by atoms with Gasteiger partial charge in [-0.25, -0.2) is 15.0 Å². The Bertz CT molecular complexity index is 953. The average Bonchev–Trinajstić information content (AvgIpc) is 3.35. The fraction of sp³-hybridized carbons (Fsp3) is 0.421. The highest BCUT2D eigenvalue weighted by atomic mass is 16.5. The second-order valence-corrected chi connectivity index (χ2v) is 6.95. The Hall–Kier alpha value is -2.63. The van der Waals surface area contributed by atoms with Crippen molar-refractivity contribution < 1.29 is 25.2 Å². The lowest BCUT2D eigenvalue weighted by Crippen LogP contribution is -2.31. The number of rotatable bonds is 7. The van der Waals surface area contributed by atoms with Gasteiger partial charge in [0, 0.05) is 6.42 Å². The molecule has 0 amide bonds. The summed E-state index contributed by atoms with van der Waals surface area (Å²) >= 11 is 0. The molecule has 1 aromatic carbocycles. The van der Waals surface area contributed by atoms with Crippen molar-refractivity contribution in [3.63, 3.8) is 0 Å². The monoisotopic (exact) mass is 401 g/mol. The number of ether oxygens (including phenoxy) is 1. The summed E-state index contributed by atoms with van der Waals surface area (Å²) in [6.45, 7) is -0.597. The predicted octanol–water partition coefficient (Wildman–Crippen LogP) is -0.0266. The number of nitrogens with zero attached hydrogens (tertiary/aromatic N) is 4. The van der Waals surface area contributed by atoms with Crippen LogP contribution in [0.25, 0.3) is 11.2 Å². The lowest BCUT2D eigenvalue weighted by molar-refractivity contribution is -0.0432. The Balaban J connectivity index is 1.59. The molecular formula is C19H23N5O5. The molecule has 10 nitrogen and oxygen atoms in total. The van der Waals surface area contributed by atoms with E-state index in [4.69, 9.17) is 4.74 Å². The number of fused-ring (bicyclic) bond motifs is 1. The summed E-state index contributed by atoms with van der Waals surface area (Å²) in [5.74, 6) is 0.361. The first-order valence-corrected chi connectivity index (χ1v) is 9.34. The van der Waals surface area contributed by atoms with Crippen molar-refractivity contribution in [2.45, 2.75) is 37.0 Å². The topological polar surface area (TPSA) is 146 Å². The maximum Gasteiger partial charge on any atom is 0.167 e. The third-order valence-electron chi connectivity index (χ3n) is 5.09. The van der Waals surface area contributed by atoms with E-state index in [0.29, 0.717) is 29.0 Å². The third kappa shape index (κ3) is 3.80. The molecule has 1 unspecified atom stereocenters. The molecule has 1 fully saturated rings. The maximum atomic E-state index is 10.6. The average molecular weight is 401 g/mol. The first kappa shape index (κ1) is 19.7. The molecule has 3 heterocycles. The van der Waals surface area contributed by atoms with Gasteiger partial charge in [0.25, 0.3) is 0 Å². The second-order valence-electron chi connectivity index (χ2n) is 6.95. The molecule has 1 aliphatic rings. The minimum atomic E-state index is -0.952. The SMILES string of the molecule is OC[C@H](Nc1ncnc2c1ncn2[C@H]1CC(O)[C@@H](CO)O1)[C@@H](O)c1ccccc1. The molecule has 10 heteroatoms. The predicted molar refractivity (Wildman–Crippen MR) is 103 cm³/mol. The highest BCUT2D eigenvalue weighted by molar-refractivity contribution is 5.82. The molecule has 1 aliphatic heterocycles. The Morgan fingerprint density at radius 1 is 1.17 bits per heavy atom. The van der Waals surface area contributed by atoms with Crippen LogP contribution in [0.5, 0.6) is 0 Å². The molecule has 29 heavy (non-hydrogen) atoms. The Morgan fingerprint density at radius 3 is 2.66 bits per heavy atom. The van der Waals surface area contributed by atoms with E-state index in [1.807, 2.05) is 18.2 Å². The quantitative estimate of drug-likeness (QED) is 0.368. The van der Waals surface area contributed by atoms with Crippen molar-refractivity contribution in [3.8, 4) is 0 Å². The van der Waals surface area contributed by atoms with Crippen molar-refractivity contribution in [1.82, 2.24) is 19.5 Å². The van der Waals surface area contributed by atoms with Crippen LogP contribution in [0.2, 0.25) is 0 Å². The summed E-state index contributed by atoms with van der Waals surface area (Å²) in [4.78, 5) is 12.8. The number of aliphatic hydroxyl groups is 4. The maximum absolute atomic E-state index is 10.6. The Morgan fingerprint density at radius 2 is 1.97 bits per heavy atom. The fourth-order valence-corrected chi connectivity index (χ4v) is 3.50. The standard InChI is InChI=1S/C19H23N5O5/c25-7-12(17(28)11-4-2-1-3-5-11)23-18-16-19(21-9-20-18)24(10-22-16)15-6-13(27)14(8-26)29-15/h1-5,9-10,12-15,17,25-28H,6-8H2,(H,20,21,23)/t12-,13?,14+,15+,17-/m0/s1. The molecule has 0 radical (unpaired) electrons. The van der Waals surface area contributed by atoms with E-state index in [9.17, 15) is 20.4 Å². The smallest absolute Gasteiger partial charge is 0.167 e. The van der Waals surface area contributed by atoms with E-state index in [-0.39, 0.29) is 13.2 Å². The molecule has 4 rings (SSSR count). The van der Waals surface area contributed by atoms with Gasteiger partial charge in [0.2, 0.25) is 0 Å². The van der Waals surface area contributed by atoms with Crippen molar-refractivity contribution in [1.29, 1.82) is 0 Å². The van der Waals surface area contributed by atoms with E-state index >= 15 is 0 Å². The molecule has 0 spiro atoms. The molecule has 1 saturated heterocycles. The van der Waals surface area contributed by atoms with Crippen LogP contribution in [0.1, 0.15) is 24.3 Å². The zero-order valence-corrected chi connectivity index (χ0v) is 15.5. The van der Waals surface area contributed by atoms with Crippen molar-refractivity contribution in [2.24, 2.45) is 0 Å². The highest BCUT2D eigenvalue weighted by Crippen LogP contribution is 2.32. The van der Waals surface area contributed by atoms with Crippen LogP contribution in [0, 0.1) is 0 Å². The molecular weight excluding hydrogens is 378 g/mol. The zero-order chi connectivity index (χ0) is 20.4. The molecule has 0 saturated carbocycles. The molecule has 5 atom stereocenters. The van der Waals surface area contributed by atoms with E-state index in [2.05, 4.69) is 20.3 Å². The molecule has 2 aromatic heterocycles. The van der Waals surface area contributed by atoms with Crippen molar-refractivity contribution >= 4 is 17.0 Å². The van der Waals surface area contributed by atoms with Gasteiger partial charge >= 0.3 is 0 Å². The number of hydrogen-bond donors (Lipinski definition) is 5. The van der Waals surface area contributed by atoms with Crippen LogP contribution in [0.15, 0.2) is 43.0 Å². The van der Waals surface area contributed by atoms with Crippen molar-refractivity contribution in [2.75, 3.05) is 18.5 Å². The third-order valence-corrected chi connectivity index (χ3v) is 5.09. The van der Waals surface area contributed by atoms with Gasteiger partial charge in [-0.15, -0.1) is 0 Å². The van der Waals surface area contributed by atoms with Gasteiger partial charge in [-0.3, -0.25) is 4.57 Å². The largest absolute Gasteiger partial charge is 0.394 e. The lowest BCUT2D eigenvalue weighted by Gasteiger charge is -2.23. The van der Waals surface area contributed by atoms with Gasteiger partial charge in [0.1, 0.15) is 24.8 Å². The number of hydrogen-bond acceptors (Lipinski definition) is 9. The minimum Gasteiger partial charge on any atom is -0.394 e. The Labute approximate surface area is 166 Å². The van der Waals surface area contributed by atoms with Gasteiger partial charge in [0.05, 0.1) is 31.7 Å². The molecule has 3 aromatic rings. The lowest BCUT2D eigenvalue weighted by atomic mass is 10.0. The van der Waals surface area contributed by atoms with Gasteiger partial charge in [-0.05, 0) is 5.56 Å². The number of aromatic nitrogens is 4. The summed E-state index contributed by atoms with van der Waals surface area (Å²) < 4.78 is 7.34. The molecule has 154 valence electrons. The van der Waals surface area contributed by atoms with Crippen LogP contribution < -0.4 is 5.32 Å². The van der Waals surface area contributed by atoms with Gasteiger partial charge in [0.15, 0.2) is 17.0 Å². The van der Waals surface area contributed by atoms with E-state index in [1.165, 1.54) is 12.7 Å². The first-order valence-electron chi connectivity index (χ1n) is 9.34. The number of nitrogens with one attached hydrogen (secondary N) is 1. The van der Waals surface area contributed by atoms with Gasteiger partial charge in [-0.1, -0.05) is 30.3 Å². The van der Waals surface area contributed by atoms with E-state index < -0.39 is 30.6 Å². The van der Waals surface area contributed by atoms with Crippen molar-refractivity contribution in [3.05, 3.63) is 48.5 Å².